The summed E-state index contributed by atoms with van der Waals surface area (Å²) < 4.78 is 0. The fourth-order valence-corrected chi connectivity index (χ4v) is 5.11. The van der Waals surface area contributed by atoms with Crippen LogP contribution in [0.3, 0.4) is 0 Å². The average molecular weight is 309 g/mol. The lowest BCUT2D eigenvalue weighted by molar-refractivity contribution is -0.123. The first-order chi connectivity index (χ1) is 10.9. The van der Waals surface area contributed by atoms with E-state index >= 15 is 0 Å². The number of fused-ring (bicyclic) bond motifs is 5. The van der Waals surface area contributed by atoms with Gasteiger partial charge < -0.3 is 0 Å². The van der Waals surface area contributed by atoms with Gasteiger partial charge >= 0.3 is 0 Å². The topological polar surface area (TPSA) is 37.4 Å². The van der Waals surface area contributed by atoms with Crippen molar-refractivity contribution in [2.24, 2.45) is 23.7 Å². The van der Waals surface area contributed by atoms with Gasteiger partial charge in [0.1, 0.15) is 0 Å². The number of amides is 2. The van der Waals surface area contributed by atoms with Crippen LogP contribution in [0.5, 0.6) is 0 Å². The van der Waals surface area contributed by atoms with E-state index in [0.29, 0.717) is 11.8 Å². The van der Waals surface area contributed by atoms with Crippen LogP contribution < -0.4 is 4.90 Å². The largest absolute Gasteiger partial charge is 0.274 e. The number of hydrogen-bond donors (Lipinski definition) is 0. The molecule has 1 aromatic carbocycles. The Labute approximate surface area is 137 Å². The molecule has 1 heterocycles. The molecule has 120 valence electrons. The lowest BCUT2D eigenvalue weighted by Gasteiger charge is -2.20. The molecule has 0 unspecified atom stereocenters. The van der Waals surface area contributed by atoms with Crippen LogP contribution in [0.1, 0.15) is 37.8 Å². The highest BCUT2D eigenvalue weighted by atomic mass is 16.2. The standard InChI is InChI=1S/C20H23NO2/c1-10(2)16-14-7-8-15(16)18-17(14)19(22)21(20(18)23)13-6-5-11(3)12(4)9-13/h5-6,9,14-15,17-18H,7-8H2,1-4H3/t14-,15+,17-,18+. The third kappa shape index (κ3) is 1.82. The first-order valence-corrected chi connectivity index (χ1v) is 8.54. The molecule has 2 bridgehead atoms. The summed E-state index contributed by atoms with van der Waals surface area (Å²) in [5.74, 6) is 0.398. The van der Waals surface area contributed by atoms with Crippen molar-refractivity contribution in [3.05, 3.63) is 40.5 Å². The summed E-state index contributed by atoms with van der Waals surface area (Å²) in [6.07, 6.45) is 2.12. The molecule has 0 N–H and O–H groups in total. The van der Waals surface area contributed by atoms with Crippen molar-refractivity contribution < 1.29 is 9.59 Å². The van der Waals surface area contributed by atoms with E-state index < -0.39 is 0 Å². The van der Waals surface area contributed by atoms with E-state index in [0.717, 1.165) is 24.1 Å². The first-order valence-electron chi connectivity index (χ1n) is 8.54. The molecule has 2 saturated carbocycles. The molecule has 3 aliphatic rings. The molecule has 1 aromatic rings. The van der Waals surface area contributed by atoms with Gasteiger partial charge in [0.05, 0.1) is 17.5 Å². The van der Waals surface area contributed by atoms with Crippen molar-refractivity contribution in [1.82, 2.24) is 0 Å². The van der Waals surface area contributed by atoms with Gasteiger partial charge in [-0.25, -0.2) is 0 Å². The second-order valence-electron chi connectivity index (χ2n) is 7.58. The van der Waals surface area contributed by atoms with Crippen molar-refractivity contribution in [1.29, 1.82) is 0 Å². The van der Waals surface area contributed by atoms with Crippen LogP contribution in [0, 0.1) is 37.5 Å². The van der Waals surface area contributed by atoms with E-state index in [9.17, 15) is 9.59 Å². The number of anilines is 1. The quantitative estimate of drug-likeness (QED) is 0.585. The van der Waals surface area contributed by atoms with Crippen molar-refractivity contribution >= 4 is 17.5 Å². The molecule has 0 radical (unpaired) electrons. The Hall–Kier alpha value is -1.90. The summed E-state index contributed by atoms with van der Waals surface area (Å²) >= 11 is 0. The van der Waals surface area contributed by atoms with Crippen molar-refractivity contribution in [3.8, 4) is 0 Å². The molecule has 3 nitrogen and oxygen atoms in total. The van der Waals surface area contributed by atoms with E-state index in [-0.39, 0.29) is 23.7 Å². The number of benzene rings is 1. The van der Waals surface area contributed by atoms with Crippen LogP contribution >= 0.6 is 0 Å². The minimum atomic E-state index is -0.118. The van der Waals surface area contributed by atoms with Crippen LogP contribution in [-0.2, 0) is 9.59 Å². The predicted octanol–water partition coefficient (Wildman–Crippen LogP) is 3.79. The number of nitrogens with zero attached hydrogens (tertiary/aromatic N) is 1. The van der Waals surface area contributed by atoms with Crippen molar-refractivity contribution in [2.75, 3.05) is 4.90 Å². The van der Waals surface area contributed by atoms with E-state index in [4.69, 9.17) is 0 Å². The average Bonchev–Trinajstić information content (AvgIpc) is 3.13. The van der Waals surface area contributed by atoms with Gasteiger partial charge in [-0.15, -0.1) is 0 Å². The molecule has 2 amide bonds. The zero-order valence-electron chi connectivity index (χ0n) is 14.2. The molecule has 3 fully saturated rings. The summed E-state index contributed by atoms with van der Waals surface area (Å²) in [5.41, 5.74) is 5.76. The van der Waals surface area contributed by atoms with Gasteiger partial charge in [-0.3, -0.25) is 14.5 Å². The number of aryl methyl sites for hydroxylation is 2. The molecular formula is C20H23NO2. The smallest absolute Gasteiger partial charge is 0.238 e. The highest BCUT2D eigenvalue weighted by Crippen LogP contribution is 2.60. The van der Waals surface area contributed by atoms with Gasteiger partial charge in [-0.2, -0.15) is 0 Å². The first kappa shape index (κ1) is 14.7. The molecular weight excluding hydrogens is 286 g/mol. The van der Waals surface area contributed by atoms with Gasteiger partial charge in [-0.05, 0) is 75.6 Å². The van der Waals surface area contributed by atoms with Crippen LogP contribution in [0.4, 0.5) is 5.69 Å². The van der Waals surface area contributed by atoms with Gasteiger partial charge in [-0.1, -0.05) is 17.2 Å². The van der Waals surface area contributed by atoms with Crippen molar-refractivity contribution in [3.63, 3.8) is 0 Å². The van der Waals surface area contributed by atoms with E-state index in [1.165, 1.54) is 21.6 Å². The predicted molar refractivity (Wildman–Crippen MR) is 90.0 cm³/mol. The summed E-state index contributed by atoms with van der Waals surface area (Å²) in [6, 6.07) is 5.87. The highest BCUT2D eigenvalue weighted by Gasteiger charge is 2.63. The Kier molecular flexibility index (Phi) is 3.06. The Morgan fingerprint density at radius 2 is 1.52 bits per heavy atom. The number of carbonyl (C=O) groups excluding carboxylic acids is 2. The SMILES string of the molecule is CC(C)=C1[C@H]2CC[C@@H]1[C@@H]1C(=O)N(c3ccc(C)c(C)c3)C(=O)[C@@H]12. The number of rotatable bonds is 1. The van der Waals surface area contributed by atoms with Gasteiger partial charge in [0.25, 0.3) is 0 Å². The summed E-state index contributed by atoms with van der Waals surface area (Å²) in [4.78, 5) is 27.5. The second kappa shape index (κ2) is 4.80. The van der Waals surface area contributed by atoms with Gasteiger partial charge in [0, 0.05) is 0 Å². The lowest BCUT2D eigenvalue weighted by Crippen LogP contribution is -2.33. The number of hydrogen-bond acceptors (Lipinski definition) is 2. The Bertz CT molecular complexity index is 725. The third-order valence-electron chi connectivity index (χ3n) is 6.18. The Morgan fingerprint density at radius 1 is 0.957 bits per heavy atom. The summed E-state index contributed by atoms with van der Waals surface area (Å²) in [7, 11) is 0. The fraction of sp³-hybridized carbons (Fsp3) is 0.500. The molecule has 23 heavy (non-hydrogen) atoms. The molecule has 2 aliphatic carbocycles. The number of carbonyl (C=O) groups is 2. The third-order valence-corrected chi connectivity index (χ3v) is 6.18. The van der Waals surface area contributed by atoms with E-state index in [2.05, 4.69) is 13.8 Å². The van der Waals surface area contributed by atoms with Crippen LogP contribution in [0.25, 0.3) is 0 Å². The highest BCUT2D eigenvalue weighted by molar-refractivity contribution is 6.23. The minimum absolute atomic E-state index is 0.0224. The number of allylic oxidation sites excluding steroid dienone is 2. The summed E-state index contributed by atoms with van der Waals surface area (Å²) in [6.45, 7) is 8.31. The van der Waals surface area contributed by atoms with Crippen LogP contribution in [0.15, 0.2) is 29.3 Å². The molecule has 4 atom stereocenters. The molecule has 0 spiro atoms. The van der Waals surface area contributed by atoms with Crippen molar-refractivity contribution in [2.45, 2.75) is 40.5 Å². The van der Waals surface area contributed by atoms with Crippen LogP contribution in [0.2, 0.25) is 0 Å². The Balaban J connectivity index is 1.76. The molecule has 3 heteroatoms. The van der Waals surface area contributed by atoms with Crippen LogP contribution in [-0.4, -0.2) is 11.8 Å². The van der Waals surface area contributed by atoms with Gasteiger partial charge in [0.15, 0.2) is 0 Å². The monoisotopic (exact) mass is 309 g/mol. The van der Waals surface area contributed by atoms with E-state index in [1.807, 2.05) is 32.0 Å². The maximum absolute atomic E-state index is 13.0. The lowest BCUT2D eigenvalue weighted by atomic mass is 9.81. The molecule has 1 saturated heterocycles. The Morgan fingerprint density at radius 3 is 2.00 bits per heavy atom. The zero-order chi connectivity index (χ0) is 16.5. The maximum Gasteiger partial charge on any atom is 0.238 e. The molecule has 1 aliphatic heterocycles. The zero-order valence-corrected chi connectivity index (χ0v) is 14.2. The number of imide groups is 1. The van der Waals surface area contributed by atoms with Gasteiger partial charge in [0.2, 0.25) is 11.8 Å². The second-order valence-corrected chi connectivity index (χ2v) is 7.58. The van der Waals surface area contributed by atoms with E-state index in [1.54, 1.807) is 0 Å². The fourth-order valence-electron chi connectivity index (χ4n) is 5.11. The molecule has 0 aromatic heterocycles. The summed E-state index contributed by atoms with van der Waals surface area (Å²) in [5, 5.41) is 0. The maximum atomic E-state index is 13.0. The normalized spacial score (nSPS) is 32.0. The molecule has 4 rings (SSSR count). The minimum Gasteiger partial charge on any atom is -0.274 e.